The number of ether oxygens (including phenoxy) is 1. The van der Waals surface area contributed by atoms with Gasteiger partial charge in [-0.2, -0.15) is 0 Å². The molecule has 0 amide bonds. The van der Waals surface area contributed by atoms with Crippen LogP contribution in [0.15, 0.2) is 16.6 Å². The molecule has 0 aliphatic carbocycles. The summed E-state index contributed by atoms with van der Waals surface area (Å²) in [5.41, 5.74) is 0. The number of benzene rings is 1. The monoisotopic (exact) mass is 429 g/mol. The standard InChI is InChI=1S/C10H12BrF2NO.HI.Na/c1-14(2)3-4-15-10-6-8(12)7(11)5-9(10)13;;/h5-6H,3-4H2,1-2H3;1H;/q;;+1/p-1. The summed E-state index contributed by atoms with van der Waals surface area (Å²) in [5.74, 6) is -1.16. The average molecular weight is 430 g/mol. The van der Waals surface area contributed by atoms with Crippen LogP contribution in [0, 0.1) is 11.6 Å². The largest absolute Gasteiger partial charge is 1.00 e. The topological polar surface area (TPSA) is 12.5 Å². The van der Waals surface area contributed by atoms with E-state index in [2.05, 4.69) is 15.9 Å². The van der Waals surface area contributed by atoms with E-state index < -0.39 is 11.6 Å². The van der Waals surface area contributed by atoms with Gasteiger partial charge < -0.3 is 33.6 Å². The molecule has 0 aliphatic heterocycles. The molecule has 7 heteroatoms. The molecule has 17 heavy (non-hydrogen) atoms. The van der Waals surface area contributed by atoms with Gasteiger partial charge >= 0.3 is 29.6 Å². The molecule has 0 aliphatic rings. The second-order valence-corrected chi connectivity index (χ2v) is 4.20. The molecule has 0 radical (unpaired) electrons. The van der Waals surface area contributed by atoms with Crippen molar-refractivity contribution >= 4 is 15.9 Å². The Kier molecular flexibility index (Phi) is 11.9. The van der Waals surface area contributed by atoms with Crippen molar-refractivity contribution < 1.29 is 67.1 Å². The minimum atomic E-state index is -0.568. The summed E-state index contributed by atoms with van der Waals surface area (Å²) in [7, 11) is 3.75. The van der Waals surface area contributed by atoms with Gasteiger partial charge in [0.25, 0.3) is 0 Å². The van der Waals surface area contributed by atoms with Gasteiger partial charge in [-0.3, -0.25) is 0 Å². The van der Waals surface area contributed by atoms with E-state index in [1.54, 1.807) is 0 Å². The number of rotatable bonds is 4. The van der Waals surface area contributed by atoms with E-state index in [0.717, 1.165) is 12.1 Å². The van der Waals surface area contributed by atoms with Crippen molar-refractivity contribution in [2.75, 3.05) is 27.2 Å². The van der Waals surface area contributed by atoms with Crippen LogP contribution in [-0.2, 0) is 0 Å². The Hall–Kier alpha value is 1.05. The SMILES string of the molecule is CN(C)CCOc1cc(F)c(Br)cc1F.[I-].[Na+]. The third-order valence-electron chi connectivity index (χ3n) is 1.77. The van der Waals surface area contributed by atoms with Crippen molar-refractivity contribution in [3.8, 4) is 5.75 Å². The number of hydrogen-bond acceptors (Lipinski definition) is 2. The van der Waals surface area contributed by atoms with Crippen LogP contribution in [-0.4, -0.2) is 32.1 Å². The Morgan fingerprint density at radius 3 is 2.35 bits per heavy atom. The summed E-state index contributed by atoms with van der Waals surface area (Å²) in [5, 5.41) is 0. The van der Waals surface area contributed by atoms with Gasteiger partial charge in [0, 0.05) is 12.6 Å². The van der Waals surface area contributed by atoms with Crippen molar-refractivity contribution in [2.45, 2.75) is 0 Å². The van der Waals surface area contributed by atoms with Gasteiger partial charge in [-0.1, -0.05) is 0 Å². The number of hydrogen-bond donors (Lipinski definition) is 0. The van der Waals surface area contributed by atoms with Gasteiger partial charge in [-0.25, -0.2) is 8.78 Å². The van der Waals surface area contributed by atoms with Crippen LogP contribution in [0.2, 0.25) is 0 Å². The summed E-state index contributed by atoms with van der Waals surface area (Å²) in [6, 6.07) is 2.09. The molecule has 0 N–H and O–H groups in total. The Bertz CT molecular complexity index is 355. The smallest absolute Gasteiger partial charge is 1.00 e. The molecule has 2 nitrogen and oxygen atoms in total. The van der Waals surface area contributed by atoms with Crippen LogP contribution in [0.25, 0.3) is 0 Å². The Labute approximate surface area is 148 Å². The number of halogens is 4. The number of nitrogens with zero attached hydrogens (tertiary/aromatic N) is 1. The molecule has 0 heterocycles. The Morgan fingerprint density at radius 1 is 1.24 bits per heavy atom. The van der Waals surface area contributed by atoms with E-state index in [-0.39, 0.29) is 63.8 Å². The minimum Gasteiger partial charge on any atom is -1.00 e. The molecule has 0 atom stereocenters. The fraction of sp³-hybridized carbons (Fsp3) is 0.400. The second kappa shape index (κ2) is 9.91. The molecule has 0 saturated heterocycles. The maximum Gasteiger partial charge on any atom is 1.00 e. The first-order chi connectivity index (χ1) is 7.00. The predicted octanol–water partition coefficient (Wildman–Crippen LogP) is -3.32. The van der Waals surface area contributed by atoms with E-state index in [1.807, 2.05) is 19.0 Å². The zero-order chi connectivity index (χ0) is 11.4. The van der Waals surface area contributed by atoms with E-state index >= 15 is 0 Å². The first-order valence-corrected chi connectivity index (χ1v) is 5.22. The van der Waals surface area contributed by atoms with Crippen LogP contribution in [0.5, 0.6) is 5.75 Å². The van der Waals surface area contributed by atoms with Crippen LogP contribution in [0.1, 0.15) is 0 Å². The van der Waals surface area contributed by atoms with Crippen LogP contribution < -0.4 is 58.3 Å². The molecule has 0 fully saturated rings. The van der Waals surface area contributed by atoms with E-state index in [4.69, 9.17) is 4.74 Å². The van der Waals surface area contributed by atoms with E-state index in [9.17, 15) is 8.78 Å². The maximum absolute atomic E-state index is 13.2. The normalized spacial score (nSPS) is 9.53. The molecule has 1 aromatic rings. The molecule has 1 rings (SSSR count). The van der Waals surface area contributed by atoms with Crippen LogP contribution >= 0.6 is 15.9 Å². The minimum absolute atomic E-state index is 0. The van der Waals surface area contributed by atoms with Crippen molar-refractivity contribution in [2.24, 2.45) is 0 Å². The molecular formula is C10H12BrF2INNaO. The first-order valence-electron chi connectivity index (χ1n) is 4.43. The molecule has 0 saturated carbocycles. The third kappa shape index (κ3) is 7.27. The predicted molar refractivity (Wildman–Crippen MR) is 58.1 cm³/mol. The average Bonchev–Trinajstić information content (AvgIpc) is 2.13. The summed E-state index contributed by atoms with van der Waals surface area (Å²) in [4.78, 5) is 1.90. The summed E-state index contributed by atoms with van der Waals surface area (Å²) in [6.45, 7) is 0.974. The maximum atomic E-state index is 13.2. The molecule has 92 valence electrons. The summed E-state index contributed by atoms with van der Waals surface area (Å²) in [6.07, 6.45) is 0. The van der Waals surface area contributed by atoms with Gasteiger partial charge in [-0.05, 0) is 36.1 Å². The fourth-order valence-electron chi connectivity index (χ4n) is 0.953. The Morgan fingerprint density at radius 2 is 1.82 bits per heavy atom. The van der Waals surface area contributed by atoms with Crippen molar-refractivity contribution in [3.05, 3.63) is 28.2 Å². The molecular weight excluding hydrogens is 418 g/mol. The first kappa shape index (κ1) is 20.4. The molecule has 1 aromatic carbocycles. The van der Waals surface area contributed by atoms with Crippen molar-refractivity contribution in [3.63, 3.8) is 0 Å². The molecule has 0 bridgehead atoms. The quantitative estimate of drug-likeness (QED) is 0.282. The van der Waals surface area contributed by atoms with Gasteiger partial charge in [-0.15, -0.1) is 0 Å². The molecule has 0 unspecified atom stereocenters. The molecule has 0 spiro atoms. The van der Waals surface area contributed by atoms with Gasteiger partial charge in [0.1, 0.15) is 12.4 Å². The van der Waals surface area contributed by atoms with Crippen molar-refractivity contribution in [1.82, 2.24) is 4.90 Å². The summed E-state index contributed by atoms with van der Waals surface area (Å²) >= 11 is 2.89. The zero-order valence-corrected chi connectivity index (χ0v) is 15.7. The van der Waals surface area contributed by atoms with Gasteiger partial charge in [0.2, 0.25) is 0 Å². The molecule has 0 aromatic heterocycles. The van der Waals surface area contributed by atoms with Crippen LogP contribution in [0.3, 0.4) is 0 Å². The number of likely N-dealkylation sites (N-methyl/N-ethyl adjacent to an activating group) is 1. The Balaban J connectivity index is 0. The fourth-order valence-corrected chi connectivity index (χ4v) is 1.27. The second-order valence-electron chi connectivity index (χ2n) is 3.35. The summed E-state index contributed by atoms with van der Waals surface area (Å²) < 4.78 is 31.5. The van der Waals surface area contributed by atoms with Crippen LogP contribution in [0.4, 0.5) is 8.78 Å². The van der Waals surface area contributed by atoms with Crippen molar-refractivity contribution in [1.29, 1.82) is 0 Å². The van der Waals surface area contributed by atoms with E-state index in [1.165, 1.54) is 0 Å². The zero-order valence-electron chi connectivity index (χ0n) is 9.94. The van der Waals surface area contributed by atoms with Gasteiger partial charge in [0.15, 0.2) is 11.6 Å². The van der Waals surface area contributed by atoms with Gasteiger partial charge in [0.05, 0.1) is 4.47 Å². The third-order valence-corrected chi connectivity index (χ3v) is 2.38. The van der Waals surface area contributed by atoms with E-state index in [0.29, 0.717) is 13.2 Å².